The highest BCUT2D eigenvalue weighted by Crippen LogP contribution is 2.49. The number of anilines is 2. The molecule has 1 heterocycles. The van der Waals surface area contributed by atoms with Crippen molar-refractivity contribution < 1.29 is 18.0 Å². The molecular formula is C26H31N3O4S. The summed E-state index contributed by atoms with van der Waals surface area (Å²) in [7, 11) is -3.62. The molecule has 5 rings (SSSR count). The molecule has 3 aliphatic rings. The Morgan fingerprint density at radius 1 is 1.03 bits per heavy atom. The normalized spacial score (nSPS) is 25.0. The Hall–Kier alpha value is -2.71. The highest BCUT2D eigenvalue weighted by Gasteiger charge is 2.42. The first kappa shape index (κ1) is 23.1. The Balaban J connectivity index is 1.20. The molecule has 4 atom stereocenters. The summed E-state index contributed by atoms with van der Waals surface area (Å²) in [4.78, 5) is 26.4. The average molecular weight is 482 g/mol. The van der Waals surface area contributed by atoms with Crippen molar-refractivity contribution in [3.8, 4) is 0 Å². The molecule has 4 unspecified atom stereocenters. The van der Waals surface area contributed by atoms with Gasteiger partial charge in [0, 0.05) is 35.9 Å². The maximum Gasteiger partial charge on any atom is 0.255 e. The molecule has 2 aromatic carbocycles. The fourth-order valence-corrected chi connectivity index (χ4v) is 7.24. The van der Waals surface area contributed by atoms with Crippen LogP contribution in [0.2, 0.25) is 0 Å². The Labute approximate surface area is 201 Å². The Bertz CT molecular complexity index is 1180. The van der Waals surface area contributed by atoms with Gasteiger partial charge in [0.1, 0.15) is 0 Å². The van der Waals surface area contributed by atoms with E-state index in [1.165, 1.54) is 31.4 Å². The first-order valence-electron chi connectivity index (χ1n) is 12.1. The zero-order valence-corrected chi connectivity index (χ0v) is 20.2. The average Bonchev–Trinajstić information content (AvgIpc) is 3.57. The summed E-state index contributed by atoms with van der Waals surface area (Å²) in [5, 5.41) is 2.80. The van der Waals surface area contributed by atoms with Crippen LogP contribution in [-0.2, 0) is 14.8 Å². The lowest BCUT2D eigenvalue weighted by Crippen LogP contribution is -2.40. The second kappa shape index (κ2) is 9.15. The van der Waals surface area contributed by atoms with E-state index >= 15 is 0 Å². The number of sulfonamides is 1. The predicted molar refractivity (Wildman–Crippen MR) is 131 cm³/mol. The topological polar surface area (TPSA) is 95.6 Å². The molecule has 0 spiro atoms. The molecule has 180 valence electrons. The van der Waals surface area contributed by atoms with E-state index in [9.17, 15) is 18.0 Å². The lowest BCUT2D eigenvalue weighted by Gasteiger charge is -2.28. The monoisotopic (exact) mass is 481 g/mol. The van der Waals surface area contributed by atoms with Crippen LogP contribution < -0.4 is 14.9 Å². The smallest absolute Gasteiger partial charge is 0.255 e. The molecule has 2 bridgehead atoms. The van der Waals surface area contributed by atoms with Crippen molar-refractivity contribution in [2.24, 2.45) is 17.8 Å². The van der Waals surface area contributed by atoms with Gasteiger partial charge in [0.2, 0.25) is 15.9 Å². The van der Waals surface area contributed by atoms with Crippen LogP contribution in [0.5, 0.6) is 0 Å². The van der Waals surface area contributed by atoms with Crippen LogP contribution in [-0.4, -0.2) is 32.8 Å². The molecule has 2 amide bonds. The van der Waals surface area contributed by atoms with E-state index in [-0.39, 0.29) is 22.8 Å². The van der Waals surface area contributed by atoms with Crippen LogP contribution in [0.3, 0.4) is 0 Å². The third kappa shape index (κ3) is 4.61. The van der Waals surface area contributed by atoms with Gasteiger partial charge < -0.3 is 10.2 Å². The van der Waals surface area contributed by atoms with Crippen molar-refractivity contribution in [2.75, 3.05) is 16.8 Å². The number of hydrogen-bond acceptors (Lipinski definition) is 4. The zero-order valence-electron chi connectivity index (χ0n) is 19.4. The number of nitrogens with one attached hydrogen (secondary N) is 2. The van der Waals surface area contributed by atoms with Gasteiger partial charge in [0.25, 0.3) is 5.91 Å². The predicted octanol–water partition coefficient (Wildman–Crippen LogP) is 4.17. The van der Waals surface area contributed by atoms with Crippen LogP contribution in [0.15, 0.2) is 53.4 Å². The Kier molecular flexibility index (Phi) is 6.20. The molecule has 34 heavy (non-hydrogen) atoms. The molecule has 2 saturated carbocycles. The van der Waals surface area contributed by atoms with Crippen LogP contribution in [0.4, 0.5) is 11.4 Å². The van der Waals surface area contributed by atoms with Gasteiger partial charge in [-0.15, -0.1) is 0 Å². The Morgan fingerprint density at radius 2 is 1.76 bits per heavy atom. The largest absolute Gasteiger partial charge is 0.322 e. The Morgan fingerprint density at radius 3 is 2.35 bits per heavy atom. The SMILES string of the molecule is CC(NS(=O)(=O)c1ccc(NC(=O)c2ccc(N3CCCC3=O)cc2)cc1)C1CC2CCC1C2. The van der Waals surface area contributed by atoms with Gasteiger partial charge in [0.15, 0.2) is 0 Å². The van der Waals surface area contributed by atoms with Gasteiger partial charge in [-0.1, -0.05) is 6.42 Å². The molecule has 2 aromatic rings. The zero-order chi connectivity index (χ0) is 23.9. The highest BCUT2D eigenvalue weighted by molar-refractivity contribution is 7.89. The minimum Gasteiger partial charge on any atom is -0.322 e. The van der Waals surface area contributed by atoms with Crippen LogP contribution in [0, 0.1) is 17.8 Å². The van der Waals surface area contributed by atoms with Gasteiger partial charge in [-0.05, 0) is 98.9 Å². The molecule has 3 fully saturated rings. The van der Waals surface area contributed by atoms with E-state index < -0.39 is 10.0 Å². The number of nitrogens with zero attached hydrogens (tertiary/aromatic N) is 1. The lowest BCUT2D eigenvalue weighted by atomic mass is 9.84. The van der Waals surface area contributed by atoms with E-state index in [0.29, 0.717) is 36.1 Å². The molecule has 0 aromatic heterocycles. The van der Waals surface area contributed by atoms with E-state index in [4.69, 9.17) is 0 Å². The van der Waals surface area contributed by atoms with Crippen molar-refractivity contribution in [1.82, 2.24) is 4.72 Å². The summed E-state index contributed by atoms with van der Waals surface area (Å²) in [6, 6.07) is 13.1. The molecule has 8 heteroatoms. The molecule has 2 aliphatic carbocycles. The highest BCUT2D eigenvalue weighted by atomic mass is 32.2. The van der Waals surface area contributed by atoms with E-state index in [1.54, 1.807) is 41.3 Å². The first-order chi connectivity index (χ1) is 16.3. The number of hydrogen-bond donors (Lipinski definition) is 2. The summed E-state index contributed by atoms with van der Waals surface area (Å²) < 4.78 is 28.7. The van der Waals surface area contributed by atoms with Crippen LogP contribution in [0.1, 0.15) is 55.8 Å². The van der Waals surface area contributed by atoms with Crippen molar-refractivity contribution in [1.29, 1.82) is 0 Å². The second-order valence-electron chi connectivity index (χ2n) is 9.92. The second-order valence-corrected chi connectivity index (χ2v) is 11.6. The quantitative estimate of drug-likeness (QED) is 0.621. The number of benzene rings is 2. The standard InChI is InChI=1S/C26H31N3O4S/c1-17(24-16-18-4-5-20(24)15-18)28-34(32,33)23-12-8-21(9-13-23)27-26(31)19-6-10-22(11-7-19)29-14-2-3-25(29)30/h6-13,17-18,20,24,28H,2-5,14-16H2,1H3,(H,27,31). The fraction of sp³-hybridized carbons (Fsp3) is 0.462. The molecule has 1 saturated heterocycles. The van der Waals surface area contributed by atoms with Gasteiger partial charge in [-0.3, -0.25) is 9.59 Å². The summed E-state index contributed by atoms with van der Waals surface area (Å²) in [6.45, 7) is 2.68. The van der Waals surface area contributed by atoms with Gasteiger partial charge in [-0.25, -0.2) is 13.1 Å². The fourth-order valence-electron chi connectivity index (χ4n) is 5.94. The summed E-state index contributed by atoms with van der Waals surface area (Å²) >= 11 is 0. The van der Waals surface area contributed by atoms with E-state index in [1.807, 2.05) is 6.92 Å². The number of carbonyl (C=O) groups is 2. The van der Waals surface area contributed by atoms with E-state index in [0.717, 1.165) is 24.4 Å². The lowest BCUT2D eigenvalue weighted by molar-refractivity contribution is -0.117. The number of fused-ring (bicyclic) bond motifs is 2. The number of carbonyl (C=O) groups excluding carboxylic acids is 2. The van der Waals surface area contributed by atoms with E-state index in [2.05, 4.69) is 10.0 Å². The van der Waals surface area contributed by atoms with Crippen LogP contribution >= 0.6 is 0 Å². The molecular weight excluding hydrogens is 450 g/mol. The van der Waals surface area contributed by atoms with Crippen molar-refractivity contribution in [3.05, 3.63) is 54.1 Å². The number of rotatable bonds is 7. The van der Waals surface area contributed by atoms with Gasteiger partial charge in [-0.2, -0.15) is 0 Å². The third-order valence-electron chi connectivity index (χ3n) is 7.71. The van der Waals surface area contributed by atoms with Gasteiger partial charge in [0.05, 0.1) is 4.90 Å². The molecule has 2 N–H and O–H groups in total. The maximum absolute atomic E-state index is 12.9. The molecule has 1 aliphatic heterocycles. The molecule has 0 radical (unpaired) electrons. The van der Waals surface area contributed by atoms with Crippen molar-refractivity contribution >= 4 is 33.2 Å². The minimum atomic E-state index is -3.62. The maximum atomic E-state index is 12.9. The minimum absolute atomic E-state index is 0.0847. The van der Waals surface area contributed by atoms with Crippen molar-refractivity contribution in [2.45, 2.75) is 56.4 Å². The van der Waals surface area contributed by atoms with Gasteiger partial charge >= 0.3 is 0 Å². The van der Waals surface area contributed by atoms with Crippen molar-refractivity contribution in [3.63, 3.8) is 0 Å². The summed E-state index contributed by atoms with van der Waals surface area (Å²) in [6.07, 6.45) is 6.27. The first-order valence-corrected chi connectivity index (χ1v) is 13.6. The third-order valence-corrected chi connectivity index (χ3v) is 9.29. The summed E-state index contributed by atoms with van der Waals surface area (Å²) in [5.74, 6) is 1.64. The van der Waals surface area contributed by atoms with Crippen LogP contribution in [0.25, 0.3) is 0 Å². The number of amides is 2. The molecule has 7 nitrogen and oxygen atoms in total. The summed E-state index contributed by atoms with van der Waals surface area (Å²) in [5.41, 5.74) is 1.78.